The molecule has 10 rings (SSSR count). The lowest BCUT2D eigenvalue weighted by atomic mass is 9.94. The van der Waals surface area contributed by atoms with Crippen molar-refractivity contribution in [3.63, 3.8) is 0 Å². The van der Waals surface area contributed by atoms with Crippen LogP contribution in [0.5, 0.6) is 0 Å². The molecule has 46 heavy (non-hydrogen) atoms. The van der Waals surface area contributed by atoms with Gasteiger partial charge in [-0.2, -0.15) is 0 Å². The van der Waals surface area contributed by atoms with E-state index < -0.39 is 0 Å². The van der Waals surface area contributed by atoms with Crippen LogP contribution >= 0.6 is 0 Å². The Morgan fingerprint density at radius 3 is 1.48 bits per heavy atom. The number of fused-ring (bicyclic) bond motifs is 12. The largest absolute Gasteiger partial charge is 0.456 e. The second-order valence-electron chi connectivity index (χ2n) is 12.1. The summed E-state index contributed by atoms with van der Waals surface area (Å²) in [5.41, 5.74) is 5.04. The second-order valence-corrected chi connectivity index (χ2v) is 12.1. The number of anilines is 3. The molecule has 0 fully saturated rings. The van der Waals surface area contributed by atoms with Gasteiger partial charge in [0.2, 0.25) is 0 Å². The predicted molar refractivity (Wildman–Crippen MR) is 196 cm³/mol. The summed E-state index contributed by atoms with van der Waals surface area (Å²) in [5, 5.41) is 14.8. The molecule has 0 unspecified atom stereocenters. The van der Waals surface area contributed by atoms with E-state index in [9.17, 15) is 0 Å². The fourth-order valence-electron chi connectivity index (χ4n) is 7.48. The smallest absolute Gasteiger partial charge is 0.137 e. The van der Waals surface area contributed by atoms with Crippen LogP contribution in [0.3, 0.4) is 0 Å². The van der Waals surface area contributed by atoms with Crippen LogP contribution in [0.4, 0.5) is 17.1 Å². The van der Waals surface area contributed by atoms with E-state index in [0.717, 1.165) is 39.0 Å². The summed E-state index contributed by atoms with van der Waals surface area (Å²) in [5.74, 6) is 0. The molecule has 0 aliphatic carbocycles. The number of hydrogen-bond donors (Lipinski definition) is 0. The highest BCUT2D eigenvalue weighted by molar-refractivity contribution is 6.26. The summed E-state index contributed by atoms with van der Waals surface area (Å²) in [6.45, 7) is 0. The number of benzene rings is 9. The van der Waals surface area contributed by atoms with Crippen molar-refractivity contribution < 1.29 is 4.42 Å². The standard InChI is InChI=1S/C44H27NO/c1-2-10-33-28(9-1)17-18-29-25-30(19-22-34(29)33)45(32-21-24-41-40-15-7-8-16-43(40)46-44(41)27-32)31-20-23-39-37-13-4-3-11-35(37)36-12-5-6-14-38(36)42(39)26-31/h1-27H. The maximum Gasteiger partial charge on any atom is 0.137 e. The molecule has 0 saturated heterocycles. The molecule has 2 heteroatoms. The summed E-state index contributed by atoms with van der Waals surface area (Å²) in [4.78, 5) is 2.37. The van der Waals surface area contributed by atoms with Crippen molar-refractivity contribution >= 4 is 92.9 Å². The number of nitrogens with zero attached hydrogens (tertiary/aromatic N) is 1. The van der Waals surface area contributed by atoms with Crippen molar-refractivity contribution in [3.05, 3.63) is 164 Å². The third-order valence-electron chi connectivity index (χ3n) is 9.59. The highest BCUT2D eigenvalue weighted by Crippen LogP contribution is 2.43. The Bertz CT molecular complexity index is 2790. The summed E-state index contributed by atoms with van der Waals surface area (Å²) < 4.78 is 6.38. The highest BCUT2D eigenvalue weighted by atomic mass is 16.3. The fraction of sp³-hybridized carbons (Fsp3) is 0. The highest BCUT2D eigenvalue weighted by Gasteiger charge is 2.18. The normalized spacial score (nSPS) is 11.9. The molecule has 10 aromatic rings. The van der Waals surface area contributed by atoms with Crippen LogP contribution in [0.2, 0.25) is 0 Å². The summed E-state index contributed by atoms with van der Waals surface area (Å²) in [6.07, 6.45) is 0. The minimum atomic E-state index is 0.882. The van der Waals surface area contributed by atoms with E-state index in [-0.39, 0.29) is 0 Å². The first-order valence-electron chi connectivity index (χ1n) is 15.8. The van der Waals surface area contributed by atoms with E-state index in [2.05, 4.69) is 157 Å². The number of rotatable bonds is 3. The van der Waals surface area contributed by atoms with Gasteiger partial charge in [-0.15, -0.1) is 0 Å². The Balaban J connectivity index is 1.25. The molecule has 2 nitrogen and oxygen atoms in total. The third kappa shape index (κ3) is 3.71. The van der Waals surface area contributed by atoms with Gasteiger partial charge in [-0.25, -0.2) is 0 Å². The first-order chi connectivity index (χ1) is 22.8. The van der Waals surface area contributed by atoms with Gasteiger partial charge >= 0.3 is 0 Å². The van der Waals surface area contributed by atoms with Crippen molar-refractivity contribution in [2.24, 2.45) is 0 Å². The van der Waals surface area contributed by atoms with Gasteiger partial charge in [0.05, 0.1) is 0 Å². The van der Waals surface area contributed by atoms with Gasteiger partial charge in [0.1, 0.15) is 11.2 Å². The zero-order valence-corrected chi connectivity index (χ0v) is 24.9. The average Bonchev–Trinajstić information content (AvgIpc) is 3.50. The van der Waals surface area contributed by atoms with Gasteiger partial charge in [0, 0.05) is 33.9 Å². The number of hydrogen-bond acceptors (Lipinski definition) is 2. The predicted octanol–water partition coefficient (Wildman–Crippen LogP) is 12.8. The molecule has 214 valence electrons. The van der Waals surface area contributed by atoms with E-state index >= 15 is 0 Å². The van der Waals surface area contributed by atoms with E-state index in [4.69, 9.17) is 4.42 Å². The van der Waals surface area contributed by atoms with Crippen LogP contribution in [-0.2, 0) is 0 Å². The number of para-hydroxylation sites is 1. The van der Waals surface area contributed by atoms with Crippen LogP contribution < -0.4 is 4.90 Å². The van der Waals surface area contributed by atoms with Gasteiger partial charge in [-0.3, -0.25) is 0 Å². The second kappa shape index (κ2) is 9.69. The minimum Gasteiger partial charge on any atom is -0.456 e. The quantitative estimate of drug-likeness (QED) is 0.192. The Kier molecular flexibility index (Phi) is 5.31. The van der Waals surface area contributed by atoms with Crippen molar-refractivity contribution in [2.75, 3.05) is 4.90 Å². The minimum absolute atomic E-state index is 0.882. The van der Waals surface area contributed by atoms with Gasteiger partial charge < -0.3 is 9.32 Å². The average molecular weight is 586 g/mol. The molecular weight excluding hydrogens is 558 g/mol. The Hall–Kier alpha value is -6.12. The van der Waals surface area contributed by atoms with Gasteiger partial charge in [0.25, 0.3) is 0 Å². The summed E-state index contributed by atoms with van der Waals surface area (Å²) >= 11 is 0. The molecule has 0 atom stereocenters. The van der Waals surface area contributed by atoms with Crippen molar-refractivity contribution in [1.82, 2.24) is 0 Å². The maximum atomic E-state index is 6.38. The van der Waals surface area contributed by atoms with Crippen molar-refractivity contribution in [2.45, 2.75) is 0 Å². The molecule has 0 spiro atoms. The molecule has 0 aliphatic rings. The van der Waals surface area contributed by atoms with Gasteiger partial charge in [0.15, 0.2) is 0 Å². The first kappa shape index (κ1) is 25.2. The van der Waals surface area contributed by atoms with Gasteiger partial charge in [-0.1, -0.05) is 115 Å². The van der Waals surface area contributed by atoms with Crippen molar-refractivity contribution in [3.8, 4) is 0 Å². The molecule has 0 saturated carbocycles. The zero-order valence-electron chi connectivity index (χ0n) is 24.9. The monoisotopic (exact) mass is 585 g/mol. The van der Waals surface area contributed by atoms with Crippen LogP contribution in [0.15, 0.2) is 168 Å². The van der Waals surface area contributed by atoms with Crippen molar-refractivity contribution in [1.29, 1.82) is 0 Å². The molecule has 0 amide bonds. The Morgan fingerprint density at radius 1 is 0.283 bits per heavy atom. The fourth-order valence-corrected chi connectivity index (χ4v) is 7.48. The van der Waals surface area contributed by atoms with Crippen LogP contribution in [0, 0.1) is 0 Å². The van der Waals surface area contributed by atoms with E-state index in [1.807, 2.05) is 12.1 Å². The van der Waals surface area contributed by atoms with Crippen LogP contribution in [-0.4, -0.2) is 0 Å². The summed E-state index contributed by atoms with van der Waals surface area (Å²) in [6, 6.07) is 59.2. The lowest BCUT2D eigenvalue weighted by molar-refractivity contribution is 0.669. The SMILES string of the molecule is c1ccc2c(c1)ccc1cc(N(c3ccc4c(c3)oc3ccccc34)c3ccc4c5ccccc5c5ccccc5c4c3)ccc12. The van der Waals surface area contributed by atoms with Crippen LogP contribution in [0.1, 0.15) is 0 Å². The maximum absolute atomic E-state index is 6.38. The van der Waals surface area contributed by atoms with E-state index in [1.165, 1.54) is 53.9 Å². The van der Waals surface area contributed by atoms with Gasteiger partial charge in [-0.05, 0) is 96.3 Å². The molecule has 9 aromatic carbocycles. The topological polar surface area (TPSA) is 16.4 Å². The van der Waals surface area contributed by atoms with E-state index in [1.54, 1.807) is 0 Å². The molecular formula is C44H27NO. The Labute approximate surface area is 265 Å². The zero-order chi connectivity index (χ0) is 30.2. The molecule has 0 N–H and O–H groups in total. The molecule has 0 radical (unpaired) electrons. The lowest BCUT2D eigenvalue weighted by Crippen LogP contribution is -2.10. The number of furan rings is 1. The third-order valence-corrected chi connectivity index (χ3v) is 9.59. The Morgan fingerprint density at radius 2 is 0.739 bits per heavy atom. The van der Waals surface area contributed by atoms with Crippen LogP contribution in [0.25, 0.3) is 75.8 Å². The molecule has 0 aliphatic heterocycles. The first-order valence-corrected chi connectivity index (χ1v) is 15.8. The lowest BCUT2D eigenvalue weighted by Gasteiger charge is -2.26. The molecule has 1 aromatic heterocycles. The summed E-state index contributed by atoms with van der Waals surface area (Å²) in [7, 11) is 0. The molecule has 0 bridgehead atoms. The van der Waals surface area contributed by atoms with E-state index in [0.29, 0.717) is 0 Å². The molecule has 1 heterocycles.